The molecule has 0 saturated heterocycles. The second-order valence-corrected chi connectivity index (χ2v) is 5.49. The molecular formula is C19H24O9. The summed E-state index contributed by atoms with van der Waals surface area (Å²) in [6.45, 7) is 5.83. The number of aromatic carboxylic acids is 4. The predicted molar refractivity (Wildman–Crippen MR) is 99.8 cm³/mol. The van der Waals surface area contributed by atoms with Crippen LogP contribution < -0.4 is 4.74 Å². The van der Waals surface area contributed by atoms with Crippen molar-refractivity contribution in [3.63, 3.8) is 0 Å². The summed E-state index contributed by atoms with van der Waals surface area (Å²) >= 11 is 0. The van der Waals surface area contributed by atoms with E-state index >= 15 is 0 Å². The van der Waals surface area contributed by atoms with Crippen LogP contribution in [0.3, 0.4) is 0 Å². The van der Waals surface area contributed by atoms with Gasteiger partial charge in [0.1, 0.15) is 16.9 Å². The number of hydrogen-bond donors (Lipinski definition) is 4. The minimum atomic E-state index is -1.72. The second kappa shape index (κ2) is 12.1. The molecule has 154 valence electrons. The number of allylic oxidation sites excluding steroid dienone is 2. The Labute approximate surface area is 161 Å². The smallest absolute Gasteiger partial charge is 0.340 e. The molecule has 0 fully saturated rings. The lowest BCUT2D eigenvalue weighted by atomic mass is 9.96. The quantitative estimate of drug-likeness (QED) is 0.361. The zero-order valence-corrected chi connectivity index (χ0v) is 15.9. The molecule has 0 saturated carbocycles. The van der Waals surface area contributed by atoms with E-state index in [4.69, 9.17) is 14.9 Å². The Balaban J connectivity index is 0.00000165. The second-order valence-electron chi connectivity index (χ2n) is 5.49. The van der Waals surface area contributed by atoms with Gasteiger partial charge < -0.3 is 25.2 Å². The zero-order chi connectivity index (χ0) is 21.9. The SMILES string of the molecule is CC=CC.CCCCCOc1c(C(=O)O)c(C(=O)O)cc(C(=O)O)c1C(=O)O. The highest BCUT2D eigenvalue weighted by Crippen LogP contribution is 2.32. The largest absolute Gasteiger partial charge is 0.492 e. The molecule has 28 heavy (non-hydrogen) atoms. The number of carboxylic acids is 4. The van der Waals surface area contributed by atoms with E-state index in [1.54, 1.807) is 0 Å². The Hall–Kier alpha value is -3.36. The monoisotopic (exact) mass is 396 g/mol. The first-order valence-electron chi connectivity index (χ1n) is 8.48. The third kappa shape index (κ3) is 6.75. The van der Waals surface area contributed by atoms with Gasteiger partial charge in [-0.05, 0) is 26.3 Å². The van der Waals surface area contributed by atoms with Crippen LogP contribution in [0.1, 0.15) is 81.5 Å². The standard InChI is InChI=1S/C15H16O9.C4H8/c1-2-3-4-5-24-11-9(14(20)21)7(12(16)17)6-8(13(18)19)10(11)15(22)23;1-3-4-2/h6H,2-5H2,1H3,(H,16,17)(H,18,19)(H,20,21)(H,22,23);3-4H,1-2H3. The molecule has 0 amide bonds. The van der Waals surface area contributed by atoms with Crippen molar-refractivity contribution >= 4 is 23.9 Å². The molecule has 0 aliphatic carbocycles. The maximum absolute atomic E-state index is 11.4. The molecule has 0 aliphatic heterocycles. The average Bonchev–Trinajstić information content (AvgIpc) is 2.63. The van der Waals surface area contributed by atoms with Crippen LogP contribution in [-0.4, -0.2) is 50.9 Å². The van der Waals surface area contributed by atoms with Crippen LogP contribution in [-0.2, 0) is 0 Å². The fourth-order valence-electron chi connectivity index (χ4n) is 2.09. The Bertz CT molecular complexity index is 709. The van der Waals surface area contributed by atoms with Gasteiger partial charge in [0.05, 0.1) is 17.7 Å². The van der Waals surface area contributed by atoms with Crippen LogP contribution in [0.25, 0.3) is 0 Å². The van der Waals surface area contributed by atoms with Gasteiger partial charge in [0.15, 0.2) is 0 Å². The van der Waals surface area contributed by atoms with Crippen molar-refractivity contribution < 1.29 is 44.3 Å². The Morgan fingerprint density at radius 2 is 1.25 bits per heavy atom. The van der Waals surface area contributed by atoms with E-state index in [2.05, 4.69) is 0 Å². The fraction of sp³-hybridized carbons (Fsp3) is 0.368. The first kappa shape index (κ1) is 24.6. The van der Waals surface area contributed by atoms with Crippen molar-refractivity contribution in [2.24, 2.45) is 0 Å². The van der Waals surface area contributed by atoms with Crippen molar-refractivity contribution in [2.45, 2.75) is 40.0 Å². The van der Waals surface area contributed by atoms with Gasteiger partial charge in [0.25, 0.3) is 0 Å². The van der Waals surface area contributed by atoms with Crippen molar-refractivity contribution in [3.8, 4) is 5.75 Å². The summed E-state index contributed by atoms with van der Waals surface area (Å²) in [7, 11) is 0. The topological polar surface area (TPSA) is 158 Å². The molecule has 0 spiro atoms. The predicted octanol–water partition coefficient (Wildman–Crippen LogP) is 3.63. The number of rotatable bonds is 9. The molecule has 0 atom stereocenters. The van der Waals surface area contributed by atoms with Gasteiger partial charge in [0, 0.05) is 0 Å². The first-order chi connectivity index (χ1) is 13.1. The number of hydrogen-bond acceptors (Lipinski definition) is 5. The number of carbonyl (C=O) groups is 4. The summed E-state index contributed by atoms with van der Waals surface area (Å²) < 4.78 is 5.19. The fourth-order valence-corrected chi connectivity index (χ4v) is 2.09. The Morgan fingerprint density at radius 3 is 1.54 bits per heavy atom. The number of benzene rings is 1. The van der Waals surface area contributed by atoms with Crippen molar-refractivity contribution in [1.82, 2.24) is 0 Å². The highest BCUT2D eigenvalue weighted by atomic mass is 16.5. The summed E-state index contributed by atoms with van der Waals surface area (Å²) in [5, 5.41) is 36.8. The molecule has 1 aromatic rings. The van der Waals surface area contributed by atoms with Crippen LogP contribution in [0.15, 0.2) is 18.2 Å². The highest BCUT2D eigenvalue weighted by Gasteiger charge is 2.32. The van der Waals surface area contributed by atoms with Gasteiger partial charge in [-0.25, -0.2) is 19.2 Å². The molecule has 9 nitrogen and oxygen atoms in total. The van der Waals surface area contributed by atoms with Gasteiger partial charge in [-0.15, -0.1) is 0 Å². The lowest BCUT2D eigenvalue weighted by molar-refractivity contribution is 0.0628. The third-order valence-electron chi connectivity index (χ3n) is 3.50. The van der Waals surface area contributed by atoms with Crippen LogP contribution in [0.4, 0.5) is 0 Å². The molecule has 1 rings (SSSR count). The molecule has 0 bridgehead atoms. The van der Waals surface area contributed by atoms with E-state index < -0.39 is 51.9 Å². The van der Waals surface area contributed by atoms with Crippen molar-refractivity contribution in [2.75, 3.05) is 6.61 Å². The van der Waals surface area contributed by atoms with Gasteiger partial charge >= 0.3 is 23.9 Å². The van der Waals surface area contributed by atoms with Crippen LogP contribution in [0.5, 0.6) is 5.75 Å². The van der Waals surface area contributed by atoms with Gasteiger partial charge in [-0.1, -0.05) is 31.9 Å². The van der Waals surface area contributed by atoms with Gasteiger partial charge in [-0.2, -0.15) is 0 Å². The number of ether oxygens (including phenoxy) is 1. The minimum Gasteiger partial charge on any atom is -0.492 e. The lowest BCUT2D eigenvalue weighted by Gasteiger charge is -2.16. The van der Waals surface area contributed by atoms with E-state index in [-0.39, 0.29) is 6.61 Å². The highest BCUT2D eigenvalue weighted by molar-refractivity contribution is 6.12. The normalized spacial score (nSPS) is 10.1. The van der Waals surface area contributed by atoms with Crippen LogP contribution >= 0.6 is 0 Å². The first-order valence-corrected chi connectivity index (χ1v) is 8.48. The summed E-state index contributed by atoms with van der Waals surface area (Å²) in [5.74, 6) is -7.62. The third-order valence-corrected chi connectivity index (χ3v) is 3.50. The molecule has 9 heteroatoms. The van der Waals surface area contributed by atoms with E-state index in [0.717, 1.165) is 12.8 Å². The lowest BCUT2D eigenvalue weighted by Crippen LogP contribution is -2.19. The maximum atomic E-state index is 11.4. The van der Waals surface area contributed by atoms with Crippen LogP contribution in [0.2, 0.25) is 0 Å². The summed E-state index contributed by atoms with van der Waals surface area (Å²) in [6.07, 6.45) is 6.00. The van der Waals surface area contributed by atoms with Crippen molar-refractivity contribution in [1.29, 1.82) is 0 Å². The summed E-state index contributed by atoms with van der Waals surface area (Å²) in [4.78, 5) is 45.3. The van der Waals surface area contributed by atoms with Crippen LogP contribution in [0, 0.1) is 0 Å². The van der Waals surface area contributed by atoms with E-state index in [1.807, 2.05) is 32.9 Å². The minimum absolute atomic E-state index is 0.0729. The Morgan fingerprint density at radius 1 is 0.821 bits per heavy atom. The van der Waals surface area contributed by atoms with Crippen molar-refractivity contribution in [3.05, 3.63) is 40.5 Å². The van der Waals surface area contributed by atoms with E-state index in [9.17, 15) is 29.4 Å². The molecule has 0 aliphatic rings. The molecule has 1 aromatic carbocycles. The molecule has 0 heterocycles. The molecule has 0 unspecified atom stereocenters. The Kier molecular flexibility index (Phi) is 10.7. The summed E-state index contributed by atoms with van der Waals surface area (Å²) in [5.41, 5.74) is -3.48. The maximum Gasteiger partial charge on any atom is 0.340 e. The molecular weight excluding hydrogens is 372 g/mol. The van der Waals surface area contributed by atoms with E-state index in [1.165, 1.54) is 0 Å². The molecule has 0 aromatic heterocycles. The van der Waals surface area contributed by atoms with Gasteiger partial charge in [-0.3, -0.25) is 0 Å². The molecule has 4 N–H and O–H groups in total. The average molecular weight is 396 g/mol. The summed E-state index contributed by atoms with van der Waals surface area (Å²) in [6, 6.07) is 0.510. The number of unbranched alkanes of at least 4 members (excludes halogenated alkanes) is 2. The van der Waals surface area contributed by atoms with E-state index in [0.29, 0.717) is 12.5 Å². The number of carboxylic acid groups (broad SMARTS) is 4. The molecule has 0 radical (unpaired) electrons. The van der Waals surface area contributed by atoms with Gasteiger partial charge in [0.2, 0.25) is 0 Å². The zero-order valence-electron chi connectivity index (χ0n) is 15.9.